The standard InChI is InChI=1S/C16H22F3N3O3/c1-3-20-15(21-9-8-14(23)24-2)22-10-12-4-6-13(7-5-12)25-11-16(17,18)19/h4-7H,3,8-11H2,1-2H3,(H2,20,21,22). The highest BCUT2D eigenvalue weighted by Gasteiger charge is 2.28. The van der Waals surface area contributed by atoms with Crippen molar-refractivity contribution < 1.29 is 27.4 Å². The number of carbonyl (C=O) groups is 1. The molecule has 0 bridgehead atoms. The first-order valence-corrected chi connectivity index (χ1v) is 7.71. The summed E-state index contributed by atoms with van der Waals surface area (Å²) >= 11 is 0. The third kappa shape index (κ3) is 9.43. The van der Waals surface area contributed by atoms with Crippen LogP contribution in [-0.2, 0) is 16.1 Å². The summed E-state index contributed by atoms with van der Waals surface area (Å²) in [7, 11) is 1.32. The van der Waals surface area contributed by atoms with Crippen LogP contribution in [-0.4, -0.2) is 44.9 Å². The Morgan fingerprint density at radius 2 is 1.88 bits per heavy atom. The van der Waals surface area contributed by atoms with Crippen molar-refractivity contribution in [1.82, 2.24) is 10.6 Å². The molecule has 140 valence electrons. The Kier molecular flexibility index (Phi) is 8.59. The fourth-order valence-corrected chi connectivity index (χ4v) is 1.75. The van der Waals surface area contributed by atoms with E-state index >= 15 is 0 Å². The summed E-state index contributed by atoms with van der Waals surface area (Å²) in [5.41, 5.74) is 0.810. The fraction of sp³-hybridized carbons (Fsp3) is 0.500. The monoisotopic (exact) mass is 361 g/mol. The van der Waals surface area contributed by atoms with Crippen LogP contribution in [0, 0.1) is 0 Å². The molecule has 2 N–H and O–H groups in total. The Morgan fingerprint density at radius 1 is 1.20 bits per heavy atom. The second kappa shape index (κ2) is 10.4. The molecule has 1 aromatic carbocycles. The highest BCUT2D eigenvalue weighted by molar-refractivity contribution is 5.80. The van der Waals surface area contributed by atoms with Crippen molar-refractivity contribution in [3.63, 3.8) is 0 Å². The first-order valence-electron chi connectivity index (χ1n) is 7.71. The average Bonchev–Trinajstić information content (AvgIpc) is 2.58. The fourth-order valence-electron chi connectivity index (χ4n) is 1.75. The minimum Gasteiger partial charge on any atom is -0.484 e. The van der Waals surface area contributed by atoms with Crippen LogP contribution in [0.5, 0.6) is 5.75 Å². The van der Waals surface area contributed by atoms with E-state index < -0.39 is 12.8 Å². The minimum absolute atomic E-state index is 0.146. The maximum Gasteiger partial charge on any atom is 0.422 e. The van der Waals surface area contributed by atoms with Crippen LogP contribution in [0.25, 0.3) is 0 Å². The van der Waals surface area contributed by atoms with E-state index in [1.54, 1.807) is 12.1 Å². The zero-order valence-corrected chi connectivity index (χ0v) is 14.2. The molecule has 6 nitrogen and oxygen atoms in total. The molecule has 0 saturated heterocycles. The predicted octanol–water partition coefficient (Wildman–Crippen LogP) is 2.25. The van der Waals surface area contributed by atoms with Crippen molar-refractivity contribution >= 4 is 11.9 Å². The van der Waals surface area contributed by atoms with Gasteiger partial charge in [-0.3, -0.25) is 4.79 Å². The molecule has 1 aromatic rings. The number of nitrogens with zero attached hydrogens (tertiary/aromatic N) is 1. The third-order valence-corrected chi connectivity index (χ3v) is 2.94. The first kappa shape index (κ1) is 20.6. The lowest BCUT2D eigenvalue weighted by Crippen LogP contribution is -2.38. The number of hydrogen-bond donors (Lipinski definition) is 2. The quantitative estimate of drug-likeness (QED) is 0.422. The van der Waals surface area contributed by atoms with Gasteiger partial charge in [-0.1, -0.05) is 12.1 Å². The summed E-state index contributed by atoms with van der Waals surface area (Å²) in [6, 6.07) is 6.23. The van der Waals surface area contributed by atoms with Gasteiger partial charge in [-0.2, -0.15) is 13.2 Å². The van der Waals surface area contributed by atoms with Crippen LogP contribution in [0.2, 0.25) is 0 Å². The van der Waals surface area contributed by atoms with Crippen molar-refractivity contribution in [2.24, 2.45) is 4.99 Å². The molecule has 0 atom stereocenters. The number of hydrogen-bond acceptors (Lipinski definition) is 4. The number of carbonyl (C=O) groups excluding carboxylic acids is 1. The van der Waals surface area contributed by atoms with Gasteiger partial charge in [-0.05, 0) is 24.6 Å². The van der Waals surface area contributed by atoms with Crippen LogP contribution in [0.4, 0.5) is 13.2 Å². The number of ether oxygens (including phenoxy) is 2. The number of benzene rings is 1. The summed E-state index contributed by atoms with van der Waals surface area (Å²) < 4.78 is 45.5. The molecular weight excluding hydrogens is 339 g/mol. The Morgan fingerprint density at radius 3 is 2.44 bits per heavy atom. The van der Waals surface area contributed by atoms with Gasteiger partial charge in [0.2, 0.25) is 0 Å². The molecular formula is C16H22F3N3O3. The van der Waals surface area contributed by atoms with Gasteiger partial charge in [0, 0.05) is 13.1 Å². The summed E-state index contributed by atoms with van der Waals surface area (Å²) in [5.74, 6) is 0.356. The van der Waals surface area contributed by atoms with Gasteiger partial charge in [0.05, 0.1) is 20.1 Å². The summed E-state index contributed by atoms with van der Waals surface area (Å²) in [6.45, 7) is 1.94. The Hall–Kier alpha value is -2.45. The molecule has 0 aromatic heterocycles. The van der Waals surface area contributed by atoms with E-state index in [1.165, 1.54) is 19.2 Å². The molecule has 0 spiro atoms. The van der Waals surface area contributed by atoms with E-state index in [1.807, 2.05) is 6.92 Å². The highest BCUT2D eigenvalue weighted by Crippen LogP contribution is 2.19. The molecule has 0 fully saturated rings. The van der Waals surface area contributed by atoms with E-state index in [0.717, 1.165) is 5.56 Å². The molecule has 0 amide bonds. The molecule has 25 heavy (non-hydrogen) atoms. The Bertz CT molecular complexity index is 560. The molecule has 0 aliphatic carbocycles. The average molecular weight is 361 g/mol. The van der Waals surface area contributed by atoms with Gasteiger partial charge in [-0.25, -0.2) is 4.99 Å². The lowest BCUT2D eigenvalue weighted by molar-refractivity contribution is -0.153. The van der Waals surface area contributed by atoms with E-state index in [-0.39, 0.29) is 18.1 Å². The van der Waals surface area contributed by atoms with Crippen molar-refractivity contribution in [2.45, 2.75) is 26.1 Å². The van der Waals surface area contributed by atoms with Crippen LogP contribution in [0.15, 0.2) is 29.3 Å². The molecule has 0 aliphatic rings. The van der Waals surface area contributed by atoms with E-state index in [2.05, 4.69) is 25.1 Å². The summed E-state index contributed by atoms with van der Waals surface area (Å²) in [5, 5.41) is 6.02. The van der Waals surface area contributed by atoms with Gasteiger partial charge in [-0.15, -0.1) is 0 Å². The van der Waals surface area contributed by atoms with E-state index in [4.69, 9.17) is 0 Å². The van der Waals surface area contributed by atoms with Crippen molar-refractivity contribution in [3.8, 4) is 5.75 Å². The number of aliphatic imine (C=N–C) groups is 1. The van der Waals surface area contributed by atoms with Gasteiger partial charge in [0.15, 0.2) is 12.6 Å². The molecule has 0 heterocycles. The van der Waals surface area contributed by atoms with Gasteiger partial charge in [0.25, 0.3) is 0 Å². The number of esters is 1. The summed E-state index contributed by atoms with van der Waals surface area (Å²) in [4.78, 5) is 15.4. The second-order valence-corrected chi connectivity index (χ2v) is 5.00. The van der Waals surface area contributed by atoms with Crippen LogP contribution in [0.3, 0.4) is 0 Å². The summed E-state index contributed by atoms with van der Waals surface area (Å²) in [6.07, 6.45) is -4.15. The van der Waals surface area contributed by atoms with Crippen LogP contribution in [0.1, 0.15) is 18.9 Å². The number of nitrogens with one attached hydrogen (secondary N) is 2. The van der Waals surface area contributed by atoms with Crippen LogP contribution < -0.4 is 15.4 Å². The maximum absolute atomic E-state index is 12.1. The number of halogens is 3. The number of alkyl halides is 3. The van der Waals surface area contributed by atoms with E-state index in [9.17, 15) is 18.0 Å². The smallest absolute Gasteiger partial charge is 0.422 e. The zero-order valence-electron chi connectivity index (χ0n) is 14.2. The lowest BCUT2D eigenvalue weighted by atomic mass is 10.2. The highest BCUT2D eigenvalue weighted by atomic mass is 19.4. The molecule has 1 rings (SSSR count). The van der Waals surface area contributed by atoms with E-state index in [0.29, 0.717) is 25.6 Å². The minimum atomic E-state index is -4.36. The first-order chi connectivity index (χ1) is 11.8. The maximum atomic E-state index is 12.1. The molecule has 0 aliphatic heterocycles. The third-order valence-electron chi connectivity index (χ3n) is 2.94. The molecule has 0 unspecified atom stereocenters. The Labute approximate surface area is 144 Å². The molecule has 0 saturated carbocycles. The van der Waals surface area contributed by atoms with Crippen molar-refractivity contribution in [2.75, 3.05) is 26.8 Å². The topological polar surface area (TPSA) is 72.0 Å². The van der Waals surface area contributed by atoms with Gasteiger partial charge < -0.3 is 20.1 Å². The lowest BCUT2D eigenvalue weighted by Gasteiger charge is -2.11. The van der Waals surface area contributed by atoms with Gasteiger partial charge in [0.1, 0.15) is 5.75 Å². The molecule has 9 heteroatoms. The second-order valence-electron chi connectivity index (χ2n) is 5.00. The van der Waals surface area contributed by atoms with Crippen molar-refractivity contribution in [1.29, 1.82) is 0 Å². The van der Waals surface area contributed by atoms with Crippen molar-refractivity contribution in [3.05, 3.63) is 29.8 Å². The van der Waals surface area contributed by atoms with Gasteiger partial charge >= 0.3 is 12.1 Å². The number of methoxy groups -OCH3 is 1. The molecule has 0 radical (unpaired) electrons. The largest absolute Gasteiger partial charge is 0.484 e. The van der Waals surface area contributed by atoms with Crippen LogP contribution >= 0.6 is 0 Å². The normalized spacial score (nSPS) is 11.8. The number of guanidine groups is 1. The SMILES string of the molecule is CCNC(=NCc1ccc(OCC(F)(F)F)cc1)NCCC(=O)OC. The Balaban J connectivity index is 2.53. The predicted molar refractivity (Wildman–Crippen MR) is 87.4 cm³/mol. The zero-order chi connectivity index (χ0) is 18.7. The number of rotatable bonds is 8.